The lowest BCUT2D eigenvalue weighted by Gasteiger charge is -2.13. The zero-order chi connectivity index (χ0) is 12.8. The molecule has 0 radical (unpaired) electrons. The van der Waals surface area contributed by atoms with Gasteiger partial charge in [-0.15, -0.1) is 0 Å². The van der Waals surface area contributed by atoms with Gasteiger partial charge in [0.05, 0.1) is 24.8 Å². The Balaban J connectivity index is 2.86. The molecule has 0 aliphatic carbocycles. The molecule has 1 unspecified atom stereocenters. The van der Waals surface area contributed by atoms with E-state index in [0.29, 0.717) is 41.4 Å². The van der Waals surface area contributed by atoms with E-state index in [1.807, 2.05) is 0 Å². The third kappa shape index (κ3) is 3.91. The van der Waals surface area contributed by atoms with Crippen LogP contribution in [0.2, 0.25) is 5.02 Å². The Bertz CT molecular complexity index is 390. The highest BCUT2D eigenvalue weighted by Gasteiger charge is 2.12. The van der Waals surface area contributed by atoms with E-state index in [1.165, 1.54) is 13.2 Å². The molecule has 1 aromatic rings. The second-order valence-corrected chi connectivity index (χ2v) is 4.05. The van der Waals surface area contributed by atoms with Gasteiger partial charge in [0.1, 0.15) is 6.29 Å². The number of hydrogen-bond donors (Lipinski definition) is 1. The number of aldehydes is 1. The molecule has 4 nitrogen and oxygen atoms in total. The largest absolute Gasteiger partial charge is 0.493 e. The molecule has 1 aromatic carbocycles. The zero-order valence-electron chi connectivity index (χ0n) is 9.77. The van der Waals surface area contributed by atoms with Crippen molar-refractivity contribution in [3.05, 3.63) is 22.7 Å². The Morgan fingerprint density at radius 2 is 2.24 bits per heavy atom. The molecule has 94 valence electrons. The van der Waals surface area contributed by atoms with Crippen molar-refractivity contribution < 1.29 is 19.4 Å². The predicted octanol–water partition coefficient (Wildman–Crippen LogP) is 2.31. The summed E-state index contributed by atoms with van der Waals surface area (Å²) in [5, 5.41) is 9.43. The monoisotopic (exact) mass is 258 g/mol. The number of halogens is 1. The Morgan fingerprint density at radius 1 is 1.53 bits per heavy atom. The van der Waals surface area contributed by atoms with E-state index in [2.05, 4.69) is 0 Å². The van der Waals surface area contributed by atoms with Gasteiger partial charge in [0, 0.05) is 12.0 Å². The van der Waals surface area contributed by atoms with Crippen LogP contribution < -0.4 is 9.47 Å². The number of hydrogen-bond acceptors (Lipinski definition) is 4. The summed E-state index contributed by atoms with van der Waals surface area (Å²) >= 11 is 5.98. The summed E-state index contributed by atoms with van der Waals surface area (Å²) < 4.78 is 10.5. The van der Waals surface area contributed by atoms with E-state index < -0.39 is 6.10 Å². The van der Waals surface area contributed by atoms with Gasteiger partial charge in [-0.3, -0.25) is 4.79 Å². The summed E-state index contributed by atoms with van der Waals surface area (Å²) in [6.07, 6.45) is 0.747. The van der Waals surface area contributed by atoms with Crippen molar-refractivity contribution >= 4 is 17.9 Å². The SMILES string of the molecule is COc1cc(C=O)cc(Cl)c1OCCC(C)O. The molecule has 0 aliphatic heterocycles. The summed E-state index contributed by atoms with van der Waals surface area (Å²) in [5.74, 6) is 0.797. The maximum atomic E-state index is 10.7. The van der Waals surface area contributed by atoms with Crippen molar-refractivity contribution in [2.45, 2.75) is 19.4 Å². The van der Waals surface area contributed by atoms with Gasteiger partial charge in [0.2, 0.25) is 0 Å². The van der Waals surface area contributed by atoms with E-state index in [1.54, 1.807) is 13.0 Å². The van der Waals surface area contributed by atoms with Crippen LogP contribution in [0, 0.1) is 0 Å². The normalized spacial score (nSPS) is 12.0. The molecule has 5 heteroatoms. The van der Waals surface area contributed by atoms with Crippen molar-refractivity contribution in [2.24, 2.45) is 0 Å². The number of carbonyl (C=O) groups is 1. The van der Waals surface area contributed by atoms with Crippen molar-refractivity contribution in [1.29, 1.82) is 0 Å². The molecular formula is C12H15ClO4. The molecular weight excluding hydrogens is 244 g/mol. The van der Waals surface area contributed by atoms with Gasteiger partial charge < -0.3 is 14.6 Å². The van der Waals surface area contributed by atoms with E-state index in [4.69, 9.17) is 26.2 Å². The van der Waals surface area contributed by atoms with Crippen LogP contribution in [0.4, 0.5) is 0 Å². The molecule has 0 bridgehead atoms. The molecule has 1 rings (SSSR count). The summed E-state index contributed by atoms with van der Waals surface area (Å²) in [6, 6.07) is 3.06. The Kier molecular flexibility index (Phi) is 5.25. The van der Waals surface area contributed by atoms with Crippen LogP contribution in [0.25, 0.3) is 0 Å². The van der Waals surface area contributed by atoms with Crippen LogP contribution in [-0.4, -0.2) is 31.2 Å². The van der Waals surface area contributed by atoms with Crippen LogP contribution in [0.1, 0.15) is 23.7 Å². The number of methoxy groups -OCH3 is 1. The molecule has 0 amide bonds. The first-order chi connectivity index (χ1) is 8.08. The molecule has 0 fully saturated rings. The minimum Gasteiger partial charge on any atom is -0.493 e. The van der Waals surface area contributed by atoms with Crippen LogP contribution in [-0.2, 0) is 0 Å². The minimum atomic E-state index is -0.436. The second-order valence-electron chi connectivity index (χ2n) is 3.64. The van der Waals surface area contributed by atoms with Gasteiger partial charge in [-0.2, -0.15) is 0 Å². The standard InChI is InChI=1S/C12H15ClO4/c1-8(15)3-4-17-12-10(13)5-9(7-14)6-11(12)16-2/h5-8,15H,3-4H2,1-2H3. The Labute approximate surface area is 105 Å². The highest BCUT2D eigenvalue weighted by Crippen LogP contribution is 2.36. The lowest BCUT2D eigenvalue weighted by atomic mass is 10.2. The third-order valence-corrected chi connectivity index (χ3v) is 2.45. The number of ether oxygens (including phenoxy) is 2. The highest BCUT2D eigenvalue weighted by molar-refractivity contribution is 6.32. The van der Waals surface area contributed by atoms with Crippen molar-refractivity contribution in [1.82, 2.24) is 0 Å². The third-order valence-electron chi connectivity index (χ3n) is 2.17. The van der Waals surface area contributed by atoms with Gasteiger partial charge >= 0.3 is 0 Å². The van der Waals surface area contributed by atoms with Gasteiger partial charge in [0.15, 0.2) is 11.5 Å². The summed E-state index contributed by atoms with van der Waals surface area (Å²) in [6.45, 7) is 2.01. The molecule has 0 saturated carbocycles. The maximum absolute atomic E-state index is 10.7. The first-order valence-corrected chi connectivity index (χ1v) is 5.59. The number of rotatable bonds is 6. The van der Waals surface area contributed by atoms with Crippen molar-refractivity contribution in [2.75, 3.05) is 13.7 Å². The maximum Gasteiger partial charge on any atom is 0.179 e. The van der Waals surface area contributed by atoms with E-state index in [0.717, 1.165) is 0 Å². The smallest absolute Gasteiger partial charge is 0.179 e. The lowest BCUT2D eigenvalue weighted by Crippen LogP contribution is -2.08. The van der Waals surface area contributed by atoms with Crippen LogP contribution >= 0.6 is 11.6 Å². The molecule has 1 N–H and O–H groups in total. The number of benzene rings is 1. The minimum absolute atomic E-state index is 0.317. The highest BCUT2D eigenvalue weighted by atomic mass is 35.5. The topological polar surface area (TPSA) is 55.8 Å². The first-order valence-electron chi connectivity index (χ1n) is 5.22. The van der Waals surface area contributed by atoms with Crippen molar-refractivity contribution in [3.63, 3.8) is 0 Å². The molecule has 0 spiro atoms. The zero-order valence-corrected chi connectivity index (χ0v) is 10.5. The predicted molar refractivity (Wildman–Crippen MR) is 65.2 cm³/mol. The molecule has 0 aromatic heterocycles. The molecule has 17 heavy (non-hydrogen) atoms. The molecule has 0 heterocycles. The Morgan fingerprint density at radius 3 is 2.76 bits per heavy atom. The summed E-state index contributed by atoms with van der Waals surface area (Å²) in [5.41, 5.74) is 0.426. The second kappa shape index (κ2) is 6.47. The Hall–Kier alpha value is -1.26. The van der Waals surface area contributed by atoms with Crippen LogP contribution in [0.3, 0.4) is 0 Å². The van der Waals surface area contributed by atoms with Crippen molar-refractivity contribution in [3.8, 4) is 11.5 Å². The van der Waals surface area contributed by atoms with Crippen LogP contribution in [0.15, 0.2) is 12.1 Å². The summed E-state index contributed by atoms with van der Waals surface area (Å²) in [7, 11) is 1.47. The van der Waals surface area contributed by atoms with Crippen LogP contribution in [0.5, 0.6) is 11.5 Å². The number of aliphatic hydroxyl groups excluding tert-OH is 1. The van der Waals surface area contributed by atoms with Gasteiger partial charge in [0.25, 0.3) is 0 Å². The van der Waals surface area contributed by atoms with Gasteiger partial charge in [-0.05, 0) is 19.1 Å². The quantitative estimate of drug-likeness (QED) is 0.796. The fourth-order valence-electron chi connectivity index (χ4n) is 1.28. The average molecular weight is 259 g/mol. The lowest BCUT2D eigenvalue weighted by molar-refractivity contribution is 0.112. The molecule has 0 saturated heterocycles. The van der Waals surface area contributed by atoms with E-state index >= 15 is 0 Å². The fraction of sp³-hybridized carbons (Fsp3) is 0.417. The number of aliphatic hydroxyl groups is 1. The average Bonchev–Trinajstić information content (AvgIpc) is 2.30. The van der Waals surface area contributed by atoms with Gasteiger partial charge in [-0.1, -0.05) is 11.6 Å². The van der Waals surface area contributed by atoms with E-state index in [-0.39, 0.29) is 0 Å². The first kappa shape index (κ1) is 13.8. The van der Waals surface area contributed by atoms with Gasteiger partial charge in [-0.25, -0.2) is 0 Å². The fourth-order valence-corrected chi connectivity index (χ4v) is 1.55. The van der Waals surface area contributed by atoms with E-state index in [9.17, 15) is 4.79 Å². The molecule has 1 atom stereocenters. The summed E-state index contributed by atoms with van der Waals surface area (Å²) in [4.78, 5) is 10.7. The number of carbonyl (C=O) groups excluding carboxylic acids is 1. The molecule has 0 aliphatic rings.